The molecule has 0 spiro atoms. The molecule has 0 aliphatic heterocycles. The smallest absolute Gasteiger partial charge is 0.219 e. The van der Waals surface area contributed by atoms with E-state index in [4.69, 9.17) is 11.5 Å². The van der Waals surface area contributed by atoms with Gasteiger partial charge in [-0.3, -0.25) is 9.59 Å². The number of aryl methyl sites for hydroxylation is 2. The monoisotopic (exact) mass is 260 g/mol. The highest BCUT2D eigenvalue weighted by Crippen LogP contribution is 2.17. The van der Waals surface area contributed by atoms with Crippen molar-refractivity contribution < 1.29 is 9.59 Å². The molecular weight excluding hydrogens is 244 g/mol. The number of hydrogen-bond acceptors (Lipinski definition) is 3. The molecule has 0 fully saturated rings. The van der Waals surface area contributed by atoms with Gasteiger partial charge in [0.15, 0.2) is 0 Å². The Bertz CT molecular complexity index is 618. The second kappa shape index (κ2) is 5.51. The molecule has 1 heterocycles. The van der Waals surface area contributed by atoms with E-state index in [0.29, 0.717) is 13.0 Å². The average Bonchev–Trinajstić information content (AvgIpc) is 2.71. The van der Waals surface area contributed by atoms with Gasteiger partial charge in [-0.1, -0.05) is 12.1 Å². The lowest BCUT2D eigenvalue weighted by Crippen LogP contribution is -2.16. The number of amides is 2. The van der Waals surface area contributed by atoms with E-state index in [1.807, 2.05) is 28.8 Å². The van der Waals surface area contributed by atoms with Crippen molar-refractivity contribution in [1.82, 2.24) is 9.55 Å². The van der Waals surface area contributed by atoms with Crippen molar-refractivity contribution in [1.29, 1.82) is 0 Å². The highest BCUT2D eigenvalue weighted by molar-refractivity contribution is 5.78. The van der Waals surface area contributed by atoms with E-state index in [0.717, 1.165) is 16.9 Å². The van der Waals surface area contributed by atoms with Crippen molar-refractivity contribution in [3.63, 3.8) is 0 Å². The first kappa shape index (κ1) is 13.1. The van der Waals surface area contributed by atoms with Gasteiger partial charge in [-0.2, -0.15) is 0 Å². The second-order valence-corrected chi connectivity index (χ2v) is 4.35. The molecule has 6 nitrogen and oxygen atoms in total. The van der Waals surface area contributed by atoms with Gasteiger partial charge in [0.1, 0.15) is 5.82 Å². The van der Waals surface area contributed by atoms with Crippen LogP contribution in [-0.2, 0) is 22.6 Å². The van der Waals surface area contributed by atoms with Crippen LogP contribution in [0.5, 0.6) is 0 Å². The number of carbonyl (C=O) groups excluding carboxylic acids is 2. The van der Waals surface area contributed by atoms with Crippen molar-refractivity contribution >= 4 is 22.8 Å². The Balaban J connectivity index is 2.33. The summed E-state index contributed by atoms with van der Waals surface area (Å²) >= 11 is 0. The van der Waals surface area contributed by atoms with Crippen molar-refractivity contribution in [3.8, 4) is 0 Å². The Morgan fingerprint density at radius 2 is 1.79 bits per heavy atom. The summed E-state index contributed by atoms with van der Waals surface area (Å²) in [6, 6.07) is 7.62. The standard InChI is InChI=1S/C13H16N4O2/c14-11(18)5-6-13-16-9-3-1-2-4-10(9)17(13)8-7-12(15)19/h1-4H,5-8H2,(H2,14,18)(H2,15,19). The first-order valence-corrected chi connectivity index (χ1v) is 6.08. The molecule has 2 rings (SSSR count). The molecule has 0 bridgehead atoms. The number of hydrogen-bond donors (Lipinski definition) is 2. The van der Waals surface area contributed by atoms with Crippen LogP contribution in [0, 0.1) is 0 Å². The van der Waals surface area contributed by atoms with Gasteiger partial charge in [0.2, 0.25) is 11.8 Å². The number of imidazole rings is 1. The largest absolute Gasteiger partial charge is 0.370 e. The van der Waals surface area contributed by atoms with Crippen LogP contribution in [0.2, 0.25) is 0 Å². The Labute approximate surface area is 110 Å². The van der Waals surface area contributed by atoms with Crippen molar-refractivity contribution in [3.05, 3.63) is 30.1 Å². The SMILES string of the molecule is NC(=O)CCc1nc2ccccc2n1CCC(N)=O. The van der Waals surface area contributed by atoms with Gasteiger partial charge in [-0.25, -0.2) is 4.98 Å². The van der Waals surface area contributed by atoms with Crippen LogP contribution in [0.1, 0.15) is 18.7 Å². The molecule has 4 N–H and O–H groups in total. The molecule has 0 atom stereocenters. The highest BCUT2D eigenvalue weighted by Gasteiger charge is 2.11. The molecule has 2 amide bonds. The fourth-order valence-corrected chi connectivity index (χ4v) is 2.02. The maximum absolute atomic E-state index is 10.9. The summed E-state index contributed by atoms with van der Waals surface area (Å²) in [4.78, 5) is 26.3. The summed E-state index contributed by atoms with van der Waals surface area (Å²) in [7, 11) is 0. The molecule has 0 saturated carbocycles. The molecule has 1 aromatic heterocycles. The maximum Gasteiger partial charge on any atom is 0.219 e. The second-order valence-electron chi connectivity index (χ2n) is 4.35. The Kier molecular flexibility index (Phi) is 3.79. The number of aromatic nitrogens is 2. The predicted octanol–water partition coefficient (Wildman–Crippen LogP) is 0.330. The van der Waals surface area contributed by atoms with E-state index < -0.39 is 0 Å². The lowest BCUT2D eigenvalue weighted by Gasteiger charge is -2.07. The number of nitrogens with zero attached hydrogens (tertiary/aromatic N) is 2. The minimum Gasteiger partial charge on any atom is -0.370 e. The Morgan fingerprint density at radius 3 is 2.47 bits per heavy atom. The quantitative estimate of drug-likeness (QED) is 0.782. The molecule has 2 aromatic rings. The van der Waals surface area contributed by atoms with E-state index in [1.54, 1.807) is 0 Å². The van der Waals surface area contributed by atoms with E-state index in [2.05, 4.69) is 4.98 Å². The van der Waals surface area contributed by atoms with Gasteiger partial charge in [0.25, 0.3) is 0 Å². The highest BCUT2D eigenvalue weighted by atomic mass is 16.1. The van der Waals surface area contributed by atoms with E-state index in [1.165, 1.54) is 0 Å². The number of benzene rings is 1. The number of nitrogens with two attached hydrogens (primary N) is 2. The van der Waals surface area contributed by atoms with Crippen molar-refractivity contribution in [2.75, 3.05) is 0 Å². The topological polar surface area (TPSA) is 104 Å². The van der Waals surface area contributed by atoms with Crippen LogP contribution >= 0.6 is 0 Å². The van der Waals surface area contributed by atoms with Gasteiger partial charge < -0.3 is 16.0 Å². The zero-order valence-corrected chi connectivity index (χ0v) is 10.5. The number of para-hydroxylation sites is 2. The molecule has 6 heteroatoms. The first-order valence-electron chi connectivity index (χ1n) is 6.08. The minimum absolute atomic E-state index is 0.236. The van der Waals surface area contributed by atoms with Crippen LogP contribution < -0.4 is 11.5 Å². The zero-order valence-electron chi connectivity index (χ0n) is 10.5. The van der Waals surface area contributed by atoms with E-state index >= 15 is 0 Å². The van der Waals surface area contributed by atoms with Gasteiger partial charge in [-0.05, 0) is 12.1 Å². The summed E-state index contributed by atoms with van der Waals surface area (Å²) in [5.74, 6) is 0.0217. The molecule has 0 radical (unpaired) electrons. The lowest BCUT2D eigenvalue weighted by atomic mass is 10.2. The maximum atomic E-state index is 10.9. The molecule has 0 aliphatic carbocycles. The zero-order chi connectivity index (χ0) is 13.8. The fraction of sp³-hybridized carbons (Fsp3) is 0.308. The summed E-state index contributed by atoms with van der Waals surface area (Å²) in [6.45, 7) is 0.462. The lowest BCUT2D eigenvalue weighted by molar-refractivity contribution is -0.119. The van der Waals surface area contributed by atoms with Crippen LogP contribution in [0.4, 0.5) is 0 Å². The average molecular weight is 260 g/mol. The van der Waals surface area contributed by atoms with Gasteiger partial charge in [0, 0.05) is 25.8 Å². The van der Waals surface area contributed by atoms with E-state index in [-0.39, 0.29) is 24.7 Å². The van der Waals surface area contributed by atoms with Crippen molar-refractivity contribution in [2.45, 2.75) is 25.8 Å². The third-order valence-corrected chi connectivity index (χ3v) is 2.91. The van der Waals surface area contributed by atoms with E-state index in [9.17, 15) is 9.59 Å². The predicted molar refractivity (Wildman–Crippen MR) is 71.1 cm³/mol. The normalized spacial score (nSPS) is 10.7. The van der Waals surface area contributed by atoms with Gasteiger partial charge >= 0.3 is 0 Å². The summed E-state index contributed by atoms with van der Waals surface area (Å²) < 4.78 is 1.92. The minimum atomic E-state index is -0.367. The van der Waals surface area contributed by atoms with Crippen LogP contribution in [0.15, 0.2) is 24.3 Å². The number of primary amides is 2. The molecule has 19 heavy (non-hydrogen) atoms. The van der Waals surface area contributed by atoms with Crippen LogP contribution in [0.3, 0.4) is 0 Å². The summed E-state index contributed by atoms with van der Waals surface area (Å²) in [5.41, 5.74) is 12.1. The Morgan fingerprint density at radius 1 is 1.11 bits per heavy atom. The van der Waals surface area contributed by atoms with Gasteiger partial charge in [-0.15, -0.1) is 0 Å². The third kappa shape index (κ3) is 3.09. The molecule has 0 unspecified atom stereocenters. The third-order valence-electron chi connectivity index (χ3n) is 2.91. The van der Waals surface area contributed by atoms with Gasteiger partial charge in [0.05, 0.1) is 11.0 Å². The molecule has 0 aliphatic rings. The van der Waals surface area contributed by atoms with Crippen molar-refractivity contribution in [2.24, 2.45) is 11.5 Å². The molecular formula is C13H16N4O2. The molecule has 0 saturated heterocycles. The molecule has 100 valence electrons. The van der Waals surface area contributed by atoms with Crippen LogP contribution in [0.25, 0.3) is 11.0 Å². The number of carbonyl (C=O) groups is 2. The Hall–Kier alpha value is -2.37. The fourth-order valence-electron chi connectivity index (χ4n) is 2.02. The first-order chi connectivity index (χ1) is 9.08. The summed E-state index contributed by atoms with van der Waals surface area (Å²) in [6.07, 6.45) is 0.937. The number of rotatable bonds is 6. The molecule has 1 aromatic carbocycles. The number of fused-ring (bicyclic) bond motifs is 1. The summed E-state index contributed by atoms with van der Waals surface area (Å²) in [5, 5.41) is 0. The van der Waals surface area contributed by atoms with Crippen LogP contribution in [-0.4, -0.2) is 21.4 Å².